The maximum Gasteiger partial charge on any atom is 0.416 e. The normalized spacial score (nSPS) is 17.2. The average molecular weight is 439 g/mol. The van der Waals surface area contributed by atoms with Crippen LogP contribution >= 0.6 is 0 Å². The third-order valence-corrected chi connectivity index (χ3v) is 6.38. The van der Waals surface area contributed by atoms with Gasteiger partial charge in [0.2, 0.25) is 0 Å². The quantitative estimate of drug-likeness (QED) is 0.540. The van der Waals surface area contributed by atoms with Crippen LogP contribution in [0.4, 0.5) is 13.2 Å². The molecule has 0 radical (unpaired) electrons. The molecule has 0 amide bonds. The molecule has 0 atom stereocenters. The van der Waals surface area contributed by atoms with E-state index in [1.165, 1.54) is 29.6 Å². The van der Waals surface area contributed by atoms with Gasteiger partial charge in [0.25, 0.3) is 0 Å². The highest BCUT2D eigenvalue weighted by Gasteiger charge is 2.31. The van der Waals surface area contributed by atoms with Gasteiger partial charge in [-0.3, -0.25) is 4.90 Å². The molecule has 3 heterocycles. The van der Waals surface area contributed by atoms with E-state index in [1.54, 1.807) is 12.3 Å². The standard InChI is InChI=1S/C25H24F3N3O/c26-25(27,28)21-3-1-2-19(13-21)22-14-29-16-30-24(22)18-6-9-31(10-7-18)15-17-4-5-23-20(12-17)8-11-32-23/h1-5,12-14,16,18H,6-11,15H2. The Bertz CT molecular complexity index is 1110. The van der Waals surface area contributed by atoms with Crippen LogP contribution in [0, 0.1) is 0 Å². The first-order valence-electron chi connectivity index (χ1n) is 10.9. The second-order valence-corrected chi connectivity index (χ2v) is 8.49. The third kappa shape index (κ3) is 4.35. The van der Waals surface area contributed by atoms with Gasteiger partial charge in [0.1, 0.15) is 12.1 Å². The summed E-state index contributed by atoms with van der Waals surface area (Å²) >= 11 is 0. The number of halogens is 3. The van der Waals surface area contributed by atoms with Gasteiger partial charge in [-0.25, -0.2) is 9.97 Å². The van der Waals surface area contributed by atoms with E-state index in [2.05, 4.69) is 33.1 Å². The topological polar surface area (TPSA) is 38.2 Å². The van der Waals surface area contributed by atoms with Crippen molar-refractivity contribution in [3.63, 3.8) is 0 Å². The van der Waals surface area contributed by atoms with Crippen molar-refractivity contribution in [3.05, 3.63) is 77.4 Å². The van der Waals surface area contributed by atoms with Crippen LogP contribution < -0.4 is 4.74 Å². The van der Waals surface area contributed by atoms with Crippen LogP contribution in [0.15, 0.2) is 55.0 Å². The molecule has 32 heavy (non-hydrogen) atoms. The number of nitrogens with zero attached hydrogens (tertiary/aromatic N) is 3. The molecule has 0 spiro atoms. The van der Waals surface area contributed by atoms with Crippen molar-refractivity contribution >= 4 is 0 Å². The van der Waals surface area contributed by atoms with E-state index < -0.39 is 11.7 Å². The zero-order valence-corrected chi connectivity index (χ0v) is 17.6. The van der Waals surface area contributed by atoms with Crippen LogP contribution in [0.1, 0.15) is 41.1 Å². The summed E-state index contributed by atoms with van der Waals surface area (Å²) in [4.78, 5) is 11.0. The first-order chi connectivity index (χ1) is 15.5. The SMILES string of the molecule is FC(F)(F)c1cccc(-c2cncnc2C2CCN(Cc3ccc4c(c3)CCO4)CC2)c1. The summed E-state index contributed by atoms with van der Waals surface area (Å²) < 4.78 is 45.2. The summed E-state index contributed by atoms with van der Waals surface area (Å²) in [5.74, 6) is 1.20. The summed E-state index contributed by atoms with van der Waals surface area (Å²) in [5, 5.41) is 0. The molecule has 7 heteroatoms. The second kappa shape index (κ2) is 8.54. The van der Waals surface area contributed by atoms with E-state index >= 15 is 0 Å². The van der Waals surface area contributed by atoms with Crippen molar-refractivity contribution < 1.29 is 17.9 Å². The average Bonchev–Trinajstić information content (AvgIpc) is 3.27. The van der Waals surface area contributed by atoms with Gasteiger partial charge in [-0.05, 0) is 60.8 Å². The number of hydrogen-bond donors (Lipinski definition) is 0. The van der Waals surface area contributed by atoms with E-state index in [0.29, 0.717) is 11.1 Å². The van der Waals surface area contributed by atoms with Crippen molar-refractivity contribution in [1.82, 2.24) is 14.9 Å². The highest BCUT2D eigenvalue weighted by atomic mass is 19.4. The molecule has 0 saturated carbocycles. The van der Waals surface area contributed by atoms with Gasteiger partial charge in [0.15, 0.2) is 0 Å². The highest BCUT2D eigenvalue weighted by Crippen LogP contribution is 2.37. The second-order valence-electron chi connectivity index (χ2n) is 8.49. The number of benzene rings is 2. The Kier molecular flexibility index (Phi) is 5.59. The van der Waals surface area contributed by atoms with Crippen LogP contribution in [0.2, 0.25) is 0 Å². The van der Waals surface area contributed by atoms with Gasteiger partial charge in [-0.15, -0.1) is 0 Å². The van der Waals surface area contributed by atoms with Crippen molar-refractivity contribution in [2.75, 3.05) is 19.7 Å². The number of aromatic nitrogens is 2. The molecule has 3 aromatic rings. The molecular weight excluding hydrogens is 415 g/mol. The lowest BCUT2D eigenvalue weighted by molar-refractivity contribution is -0.137. The fourth-order valence-electron chi connectivity index (χ4n) is 4.71. The van der Waals surface area contributed by atoms with Crippen molar-refractivity contribution in [2.24, 2.45) is 0 Å². The van der Waals surface area contributed by atoms with Gasteiger partial charge in [0.05, 0.1) is 17.9 Å². The number of fused-ring (bicyclic) bond motifs is 1. The number of piperidine rings is 1. The number of alkyl halides is 3. The minimum Gasteiger partial charge on any atom is -0.493 e. The van der Waals surface area contributed by atoms with Crippen LogP contribution in [0.3, 0.4) is 0 Å². The number of likely N-dealkylation sites (tertiary alicyclic amines) is 1. The van der Waals surface area contributed by atoms with Gasteiger partial charge in [-0.1, -0.05) is 24.3 Å². The molecule has 1 aromatic heterocycles. The van der Waals surface area contributed by atoms with E-state index in [1.807, 2.05) is 0 Å². The molecule has 2 aromatic carbocycles. The van der Waals surface area contributed by atoms with Gasteiger partial charge in [-0.2, -0.15) is 13.2 Å². The van der Waals surface area contributed by atoms with Crippen molar-refractivity contribution in [1.29, 1.82) is 0 Å². The van der Waals surface area contributed by atoms with Crippen LogP contribution in [0.5, 0.6) is 5.75 Å². The Morgan fingerprint density at radius 3 is 2.72 bits per heavy atom. The number of hydrogen-bond acceptors (Lipinski definition) is 4. The Morgan fingerprint density at radius 2 is 1.91 bits per heavy atom. The van der Waals surface area contributed by atoms with Crippen molar-refractivity contribution in [2.45, 2.75) is 37.9 Å². The Labute approximate surface area is 185 Å². The van der Waals surface area contributed by atoms with Crippen molar-refractivity contribution in [3.8, 4) is 16.9 Å². The number of rotatable bonds is 4. The lowest BCUT2D eigenvalue weighted by atomic mass is 9.88. The lowest BCUT2D eigenvalue weighted by Crippen LogP contribution is -2.32. The first kappa shape index (κ1) is 20.9. The summed E-state index contributed by atoms with van der Waals surface area (Å²) in [6.45, 7) is 3.50. The molecule has 0 N–H and O–H groups in total. The van der Waals surface area contributed by atoms with Gasteiger partial charge >= 0.3 is 6.18 Å². The van der Waals surface area contributed by atoms with E-state index in [4.69, 9.17) is 4.74 Å². The molecule has 2 aliphatic rings. The Hall–Kier alpha value is -2.93. The summed E-state index contributed by atoms with van der Waals surface area (Å²) in [7, 11) is 0. The predicted octanol–water partition coefficient (Wildman–Crippen LogP) is 5.48. The smallest absolute Gasteiger partial charge is 0.416 e. The molecule has 5 rings (SSSR count). The highest BCUT2D eigenvalue weighted by molar-refractivity contribution is 5.66. The summed E-state index contributed by atoms with van der Waals surface area (Å²) in [6, 6.07) is 11.9. The molecule has 2 aliphatic heterocycles. The van der Waals surface area contributed by atoms with Gasteiger partial charge in [0, 0.05) is 30.6 Å². The summed E-state index contributed by atoms with van der Waals surface area (Å²) in [6.07, 6.45) is 1.55. The molecule has 0 aliphatic carbocycles. The molecular formula is C25H24F3N3O. The molecule has 1 fully saturated rings. The van der Waals surface area contributed by atoms with Crippen LogP contribution in [-0.2, 0) is 19.1 Å². The molecule has 0 bridgehead atoms. The fraction of sp³-hybridized carbons (Fsp3) is 0.360. The summed E-state index contributed by atoms with van der Waals surface area (Å²) in [5.41, 5.74) is 3.96. The largest absolute Gasteiger partial charge is 0.493 e. The van der Waals surface area contributed by atoms with Crippen LogP contribution in [0.25, 0.3) is 11.1 Å². The molecule has 1 saturated heterocycles. The van der Waals surface area contributed by atoms with E-state index in [9.17, 15) is 13.2 Å². The zero-order chi connectivity index (χ0) is 22.1. The maximum atomic E-state index is 13.2. The molecule has 4 nitrogen and oxygen atoms in total. The third-order valence-electron chi connectivity index (χ3n) is 6.38. The predicted molar refractivity (Wildman–Crippen MR) is 115 cm³/mol. The Morgan fingerprint density at radius 1 is 1.06 bits per heavy atom. The molecule has 166 valence electrons. The minimum atomic E-state index is -4.37. The van der Waals surface area contributed by atoms with Crippen LogP contribution in [-0.4, -0.2) is 34.6 Å². The lowest BCUT2D eigenvalue weighted by Gasteiger charge is -2.32. The van der Waals surface area contributed by atoms with E-state index in [0.717, 1.165) is 63.0 Å². The minimum absolute atomic E-state index is 0.201. The first-order valence-corrected chi connectivity index (χ1v) is 10.9. The maximum absolute atomic E-state index is 13.2. The fourth-order valence-corrected chi connectivity index (χ4v) is 4.71. The van der Waals surface area contributed by atoms with E-state index in [-0.39, 0.29) is 5.92 Å². The Balaban J connectivity index is 1.29. The molecule has 0 unspecified atom stereocenters. The monoisotopic (exact) mass is 439 g/mol. The zero-order valence-electron chi connectivity index (χ0n) is 17.6. The van der Waals surface area contributed by atoms with Gasteiger partial charge < -0.3 is 4.74 Å². The number of ether oxygens (including phenoxy) is 1.